The average Bonchev–Trinajstić information content (AvgIpc) is 2.05. The summed E-state index contributed by atoms with van der Waals surface area (Å²) in [6.07, 6.45) is 5.34. The average molecular weight is 170 g/mol. The van der Waals surface area contributed by atoms with E-state index in [1.165, 1.54) is 6.42 Å². The van der Waals surface area contributed by atoms with Crippen molar-refractivity contribution in [1.29, 1.82) is 0 Å². The molecule has 1 rings (SSSR count). The third kappa shape index (κ3) is 1.46. The lowest BCUT2D eigenvalue weighted by Crippen LogP contribution is -2.55. The van der Waals surface area contributed by atoms with Gasteiger partial charge in [0.2, 0.25) is 5.91 Å². The van der Waals surface area contributed by atoms with E-state index in [4.69, 9.17) is 5.73 Å². The summed E-state index contributed by atoms with van der Waals surface area (Å²) in [6.45, 7) is 0. The van der Waals surface area contributed by atoms with Crippen LogP contribution in [0.25, 0.3) is 0 Å². The molecule has 0 saturated heterocycles. The van der Waals surface area contributed by atoms with Crippen molar-refractivity contribution in [1.82, 2.24) is 4.90 Å². The standard InChI is InChI=1S/C9H18N2O/c1-11(2)9(8(10)12)6-4-3-5-7-9/h3-7H2,1-2H3,(H2,10,12). The van der Waals surface area contributed by atoms with Gasteiger partial charge in [-0.3, -0.25) is 9.69 Å². The van der Waals surface area contributed by atoms with Crippen LogP contribution in [0.1, 0.15) is 32.1 Å². The molecule has 0 bridgehead atoms. The van der Waals surface area contributed by atoms with E-state index in [1.54, 1.807) is 0 Å². The minimum atomic E-state index is -0.349. The predicted molar refractivity (Wildman–Crippen MR) is 48.7 cm³/mol. The first-order valence-corrected chi connectivity index (χ1v) is 4.57. The molecule has 2 N–H and O–H groups in total. The van der Waals surface area contributed by atoms with Gasteiger partial charge in [-0.05, 0) is 26.9 Å². The molecule has 0 atom stereocenters. The number of carbonyl (C=O) groups is 1. The van der Waals surface area contributed by atoms with Crippen LogP contribution >= 0.6 is 0 Å². The molecule has 0 radical (unpaired) electrons. The molecule has 0 aromatic heterocycles. The molecule has 1 aliphatic rings. The van der Waals surface area contributed by atoms with Crippen LogP contribution in [0.5, 0.6) is 0 Å². The Labute approximate surface area is 73.9 Å². The molecule has 1 amide bonds. The van der Waals surface area contributed by atoms with E-state index in [9.17, 15) is 4.79 Å². The van der Waals surface area contributed by atoms with Gasteiger partial charge in [0.05, 0.1) is 5.54 Å². The Morgan fingerprint density at radius 2 is 1.75 bits per heavy atom. The molecule has 0 heterocycles. The summed E-state index contributed by atoms with van der Waals surface area (Å²) < 4.78 is 0. The van der Waals surface area contributed by atoms with Gasteiger partial charge in [0.25, 0.3) is 0 Å². The van der Waals surface area contributed by atoms with E-state index >= 15 is 0 Å². The molecular formula is C9H18N2O. The highest BCUT2D eigenvalue weighted by Crippen LogP contribution is 2.31. The molecule has 0 aromatic carbocycles. The number of rotatable bonds is 2. The highest BCUT2D eigenvalue weighted by Gasteiger charge is 2.39. The number of carbonyl (C=O) groups excluding carboxylic acids is 1. The normalized spacial score (nSPS) is 22.6. The van der Waals surface area contributed by atoms with Crippen LogP contribution in [-0.2, 0) is 4.79 Å². The van der Waals surface area contributed by atoms with E-state index in [0.29, 0.717) is 0 Å². The van der Waals surface area contributed by atoms with Gasteiger partial charge in [-0.1, -0.05) is 19.3 Å². The summed E-state index contributed by atoms with van der Waals surface area (Å²) in [5.41, 5.74) is 5.07. The minimum absolute atomic E-state index is 0.160. The van der Waals surface area contributed by atoms with Gasteiger partial charge >= 0.3 is 0 Å². The SMILES string of the molecule is CN(C)C1(C(N)=O)CCCCC1. The number of primary amides is 1. The third-order valence-corrected chi connectivity index (χ3v) is 3.00. The summed E-state index contributed by atoms with van der Waals surface area (Å²) in [5, 5.41) is 0. The van der Waals surface area contributed by atoms with Gasteiger partial charge in [-0.2, -0.15) is 0 Å². The van der Waals surface area contributed by atoms with Crippen molar-refractivity contribution in [2.45, 2.75) is 37.6 Å². The van der Waals surface area contributed by atoms with Crippen LogP contribution in [0.4, 0.5) is 0 Å². The van der Waals surface area contributed by atoms with Crippen molar-refractivity contribution in [3.05, 3.63) is 0 Å². The number of nitrogens with two attached hydrogens (primary N) is 1. The maximum atomic E-state index is 11.3. The molecule has 3 nitrogen and oxygen atoms in total. The zero-order valence-corrected chi connectivity index (χ0v) is 7.97. The second kappa shape index (κ2) is 3.44. The molecule has 0 unspecified atom stereocenters. The second-order valence-corrected chi connectivity index (χ2v) is 3.85. The number of amides is 1. The fraction of sp³-hybridized carbons (Fsp3) is 0.889. The quantitative estimate of drug-likeness (QED) is 0.664. The molecule has 12 heavy (non-hydrogen) atoms. The molecule has 0 aliphatic heterocycles. The zero-order valence-electron chi connectivity index (χ0n) is 7.97. The highest BCUT2D eigenvalue weighted by atomic mass is 16.1. The van der Waals surface area contributed by atoms with Gasteiger partial charge in [-0.25, -0.2) is 0 Å². The fourth-order valence-corrected chi connectivity index (χ4v) is 2.05. The topological polar surface area (TPSA) is 46.3 Å². The van der Waals surface area contributed by atoms with Crippen molar-refractivity contribution in [3.8, 4) is 0 Å². The van der Waals surface area contributed by atoms with E-state index in [2.05, 4.69) is 0 Å². The maximum absolute atomic E-state index is 11.3. The summed E-state index contributed by atoms with van der Waals surface area (Å²) in [4.78, 5) is 13.3. The van der Waals surface area contributed by atoms with Gasteiger partial charge in [0.15, 0.2) is 0 Å². The number of likely N-dealkylation sites (N-methyl/N-ethyl adjacent to an activating group) is 1. The minimum Gasteiger partial charge on any atom is -0.368 e. The van der Waals surface area contributed by atoms with Crippen LogP contribution < -0.4 is 5.73 Å². The van der Waals surface area contributed by atoms with Crippen molar-refractivity contribution in [2.75, 3.05) is 14.1 Å². The first kappa shape index (κ1) is 9.52. The van der Waals surface area contributed by atoms with Gasteiger partial charge in [0.1, 0.15) is 0 Å². The molecule has 0 spiro atoms. The van der Waals surface area contributed by atoms with Crippen molar-refractivity contribution in [2.24, 2.45) is 5.73 Å². The summed E-state index contributed by atoms with van der Waals surface area (Å²) in [6, 6.07) is 0. The molecule has 1 saturated carbocycles. The fourth-order valence-electron chi connectivity index (χ4n) is 2.05. The largest absolute Gasteiger partial charge is 0.368 e. The Kier molecular flexibility index (Phi) is 2.73. The molecule has 70 valence electrons. The molecule has 1 aliphatic carbocycles. The van der Waals surface area contributed by atoms with Crippen molar-refractivity contribution >= 4 is 5.91 Å². The Morgan fingerprint density at radius 1 is 1.25 bits per heavy atom. The van der Waals surface area contributed by atoms with Crippen molar-refractivity contribution < 1.29 is 4.79 Å². The second-order valence-electron chi connectivity index (χ2n) is 3.85. The van der Waals surface area contributed by atoms with Gasteiger partial charge in [-0.15, -0.1) is 0 Å². The first-order valence-electron chi connectivity index (χ1n) is 4.57. The van der Waals surface area contributed by atoms with E-state index < -0.39 is 0 Å². The number of hydrogen-bond acceptors (Lipinski definition) is 2. The first-order chi connectivity index (χ1) is 5.59. The van der Waals surface area contributed by atoms with Crippen LogP contribution in [-0.4, -0.2) is 30.4 Å². The number of nitrogens with zero attached hydrogens (tertiary/aromatic N) is 1. The Balaban J connectivity index is 2.77. The van der Waals surface area contributed by atoms with Gasteiger partial charge in [0, 0.05) is 0 Å². The third-order valence-electron chi connectivity index (χ3n) is 3.00. The van der Waals surface area contributed by atoms with Crippen LogP contribution in [0.2, 0.25) is 0 Å². The lowest BCUT2D eigenvalue weighted by molar-refractivity contribution is -0.130. The molecule has 0 aromatic rings. The monoisotopic (exact) mass is 170 g/mol. The summed E-state index contributed by atoms with van der Waals surface area (Å²) in [5.74, 6) is -0.160. The summed E-state index contributed by atoms with van der Waals surface area (Å²) >= 11 is 0. The lowest BCUT2D eigenvalue weighted by Gasteiger charge is -2.39. The molecular weight excluding hydrogens is 152 g/mol. The Hall–Kier alpha value is -0.570. The highest BCUT2D eigenvalue weighted by molar-refractivity contribution is 5.84. The van der Waals surface area contributed by atoms with E-state index in [1.807, 2.05) is 19.0 Å². The lowest BCUT2D eigenvalue weighted by atomic mass is 9.80. The zero-order chi connectivity index (χ0) is 9.19. The van der Waals surface area contributed by atoms with E-state index in [0.717, 1.165) is 25.7 Å². The number of hydrogen-bond donors (Lipinski definition) is 1. The maximum Gasteiger partial charge on any atom is 0.237 e. The Morgan fingerprint density at radius 3 is 2.00 bits per heavy atom. The van der Waals surface area contributed by atoms with Crippen LogP contribution in [0.3, 0.4) is 0 Å². The van der Waals surface area contributed by atoms with Gasteiger partial charge < -0.3 is 5.73 Å². The Bertz CT molecular complexity index is 171. The predicted octanol–water partition coefficient (Wildman–Crippen LogP) is 0.736. The van der Waals surface area contributed by atoms with E-state index in [-0.39, 0.29) is 11.4 Å². The molecule has 3 heteroatoms. The van der Waals surface area contributed by atoms with Crippen molar-refractivity contribution in [3.63, 3.8) is 0 Å². The van der Waals surface area contributed by atoms with Crippen LogP contribution in [0.15, 0.2) is 0 Å². The summed E-state index contributed by atoms with van der Waals surface area (Å²) in [7, 11) is 3.88. The smallest absolute Gasteiger partial charge is 0.237 e. The molecule has 1 fully saturated rings. The van der Waals surface area contributed by atoms with Crippen LogP contribution in [0, 0.1) is 0 Å².